The van der Waals surface area contributed by atoms with Crippen LogP contribution in [0.2, 0.25) is 0 Å². The molecule has 166 valence electrons. The van der Waals surface area contributed by atoms with Crippen molar-refractivity contribution in [2.45, 2.75) is 19.4 Å². The molecule has 0 aliphatic rings. The number of hydrogen-bond acceptors (Lipinski definition) is 4. The number of benzene rings is 2. The number of anilines is 1. The summed E-state index contributed by atoms with van der Waals surface area (Å²) in [4.78, 5) is 29.5. The zero-order chi connectivity index (χ0) is 23.1. The van der Waals surface area contributed by atoms with E-state index in [1.807, 2.05) is 30.3 Å². The van der Waals surface area contributed by atoms with Gasteiger partial charge in [-0.1, -0.05) is 42.5 Å². The first-order valence-corrected chi connectivity index (χ1v) is 10.1. The highest BCUT2D eigenvalue weighted by molar-refractivity contribution is 5.87. The first-order chi connectivity index (χ1) is 15.3. The van der Waals surface area contributed by atoms with Gasteiger partial charge in [-0.2, -0.15) is 0 Å². The van der Waals surface area contributed by atoms with E-state index in [0.717, 1.165) is 23.3 Å². The smallest absolute Gasteiger partial charge is 0.224 e. The fourth-order valence-corrected chi connectivity index (χ4v) is 3.51. The van der Waals surface area contributed by atoms with Crippen molar-refractivity contribution in [3.8, 4) is 0 Å². The van der Waals surface area contributed by atoms with Crippen molar-refractivity contribution in [1.29, 1.82) is 0 Å². The lowest BCUT2D eigenvalue weighted by Gasteiger charge is -2.24. The highest BCUT2D eigenvalue weighted by atomic mass is 19.2. The topological polar surface area (TPSA) is 111 Å². The number of carbonyl (C=O) groups is 2. The van der Waals surface area contributed by atoms with Crippen LogP contribution >= 0.6 is 0 Å². The largest absolute Gasteiger partial charge is 0.384 e. The van der Waals surface area contributed by atoms with Gasteiger partial charge in [0.15, 0.2) is 11.6 Å². The first-order valence-electron chi connectivity index (χ1n) is 10.1. The van der Waals surface area contributed by atoms with Crippen LogP contribution in [-0.2, 0) is 29.0 Å². The Hall–Kier alpha value is -3.81. The number of carbonyl (C=O) groups excluding carboxylic acids is 2. The van der Waals surface area contributed by atoms with Gasteiger partial charge in [0, 0.05) is 12.7 Å². The van der Waals surface area contributed by atoms with Crippen LogP contribution in [0.5, 0.6) is 0 Å². The van der Waals surface area contributed by atoms with Crippen molar-refractivity contribution >= 4 is 17.6 Å². The van der Waals surface area contributed by atoms with E-state index >= 15 is 0 Å². The minimum atomic E-state index is -1.02. The predicted octanol–water partition coefficient (Wildman–Crippen LogP) is 2.76. The molecule has 1 heterocycles. The molecule has 2 atom stereocenters. The van der Waals surface area contributed by atoms with Gasteiger partial charge in [-0.15, -0.1) is 0 Å². The van der Waals surface area contributed by atoms with Gasteiger partial charge in [0.2, 0.25) is 11.8 Å². The summed E-state index contributed by atoms with van der Waals surface area (Å²) in [6.45, 7) is 0.164. The van der Waals surface area contributed by atoms with Crippen molar-refractivity contribution in [3.05, 3.63) is 95.2 Å². The molecule has 8 heteroatoms. The molecule has 3 rings (SSSR count). The monoisotopic (exact) mass is 438 g/mol. The molecule has 0 aliphatic carbocycles. The fraction of sp³-hybridized carbons (Fsp3) is 0.208. The van der Waals surface area contributed by atoms with Crippen LogP contribution < -0.4 is 16.8 Å². The van der Waals surface area contributed by atoms with E-state index in [0.29, 0.717) is 11.4 Å². The van der Waals surface area contributed by atoms with Gasteiger partial charge >= 0.3 is 0 Å². The van der Waals surface area contributed by atoms with E-state index in [4.69, 9.17) is 11.5 Å². The lowest BCUT2D eigenvalue weighted by atomic mass is 9.81. The van der Waals surface area contributed by atoms with E-state index in [1.165, 1.54) is 12.3 Å². The Bertz CT molecular complexity index is 1080. The molecule has 0 saturated heterocycles. The molecule has 0 radical (unpaired) electrons. The van der Waals surface area contributed by atoms with E-state index in [9.17, 15) is 18.4 Å². The van der Waals surface area contributed by atoms with Gasteiger partial charge in [-0.05, 0) is 47.7 Å². The van der Waals surface area contributed by atoms with Crippen LogP contribution in [0.15, 0.2) is 66.9 Å². The number of nitrogens with one attached hydrogen (secondary N) is 1. The number of nitrogens with two attached hydrogens (primary N) is 2. The lowest BCUT2D eigenvalue weighted by molar-refractivity contribution is -0.133. The number of aromatic nitrogens is 1. The Morgan fingerprint density at radius 2 is 1.56 bits per heavy atom. The number of pyridine rings is 1. The second-order valence-electron chi connectivity index (χ2n) is 7.57. The molecule has 5 N–H and O–H groups in total. The van der Waals surface area contributed by atoms with Gasteiger partial charge in [-0.25, -0.2) is 13.8 Å². The molecule has 1 unspecified atom stereocenters. The van der Waals surface area contributed by atoms with Crippen molar-refractivity contribution in [3.63, 3.8) is 0 Å². The number of primary amides is 1. The first kappa shape index (κ1) is 22.9. The van der Waals surface area contributed by atoms with E-state index in [2.05, 4.69) is 10.3 Å². The Kier molecular flexibility index (Phi) is 7.49. The molecule has 0 aliphatic heterocycles. The summed E-state index contributed by atoms with van der Waals surface area (Å²) in [5, 5.41) is 2.79. The third-order valence-electron chi connectivity index (χ3n) is 5.24. The van der Waals surface area contributed by atoms with Gasteiger partial charge in [0.25, 0.3) is 0 Å². The maximum absolute atomic E-state index is 13.8. The van der Waals surface area contributed by atoms with Gasteiger partial charge < -0.3 is 16.8 Å². The number of nitrogens with zero attached hydrogens (tertiary/aromatic N) is 1. The van der Waals surface area contributed by atoms with Gasteiger partial charge in [0.1, 0.15) is 5.82 Å². The summed E-state index contributed by atoms with van der Waals surface area (Å²) in [5.41, 5.74) is 13.2. The third kappa shape index (κ3) is 6.10. The van der Waals surface area contributed by atoms with Crippen LogP contribution in [0.4, 0.5) is 14.6 Å². The summed E-state index contributed by atoms with van der Waals surface area (Å²) in [6, 6.07) is 15.9. The maximum atomic E-state index is 13.8. The highest BCUT2D eigenvalue weighted by Gasteiger charge is 2.33. The second-order valence-corrected chi connectivity index (χ2v) is 7.57. The van der Waals surface area contributed by atoms with Crippen LogP contribution in [0.1, 0.15) is 16.7 Å². The van der Waals surface area contributed by atoms with Gasteiger partial charge in [0.05, 0.1) is 11.8 Å². The van der Waals surface area contributed by atoms with E-state index in [-0.39, 0.29) is 19.4 Å². The molecule has 0 saturated carbocycles. The molecule has 0 fully saturated rings. The fourth-order valence-electron chi connectivity index (χ4n) is 3.51. The quantitative estimate of drug-likeness (QED) is 0.477. The number of halogens is 2. The molecule has 1 aromatic heterocycles. The average molecular weight is 438 g/mol. The van der Waals surface area contributed by atoms with Crippen molar-refractivity contribution in [2.75, 3.05) is 5.73 Å². The number of hydrogen-bond donors (Lipinski definition) is 3. The SMILES string of the molecule is NC(=O)C(Cc1ccccc1)[C@H](Cc1ccc(F)c(F)c1)C(=O)NCc1ccc(N)nc1. The summed E-state index contributed by atoms with van der Waals surface area (Å²) < 4.78 is 27.1. The zero-order valence-corrected chi connectivity index (χ0v) is 17.3. The minimum absolute atomic E-state index is 0.0173. The molecular weight excluding hydrogens is 414 g/mol. The predicted molar refractivity (Wildman–Crippen MR) is 117 cm³/mol. The van der Waals surface area contributed by atoms with Crippen molar-refractivity contribution in [2.24, 2.45) is 17.6 Å². The second kappa shape index (κ2) is 10.5. The van der Waals surface area contributed by atoms with E-state index < -0.39 is 35.3 Å². The molecule has 0 bridgehead atoms. The van der Waals surface area contributed by atoms with E-state index in [1.54, 1.807) is 12.1 Å². The summed E-state index contributed by atoms with van der Waals surface area (Å²) in [7, 11) is 0. The van der Waals surface area contributed by atoms with Gasteiger partial charge in [-0.3, -0.25) is 9.59 Å². The Morgan fingerprint density at radius 1 is 0.875 bits per heavy atom. The summed E-state index contributed by atoms with van der Waals surface area (Å²) in [6.07, 6.45) is 1.79. The lowest BCUT2D eigenvalue weighted by Crippen LogP contribution is -2.42. The molecule has 0 spiro atoms. The Labute approximate surface area is 184 Å². The molecule has 6 nitrogen and oxygen atoms in total. The third-order valence-corrected chi connectivity index (χ3v) is 5.24. The zero-order valence-electron chi connectivity index (χ0n) is 17.3. The summed E-state index contributed by atoms with van der Waals surface area (Å²) in [5.74, 6) is -4.46. The standard InChI is InChI=1S/C24H24F2N4O2/c25-20-8-6-16(12-21(20)26)11-19(18(23(28)31)10-15-4-2-1-3-5-15)24(32)30-14-17-7-9-22(27)29-13-17/h1-9,12-13,18-19H,10-11,14H2,(H2,27,29)(H2,28,31)(H,30,32)/t18?,19-/m0/s1. The molecular formula is C24H24F2N4O2. The van der Waals surface area contributed by atoms with Crippen LogP contribution in [0.3, 0.4) is 0 Å². The molecule has 32 heavy (non-hydrogen) atoms. The van der Waals surface area contributed by atoms with Crippen molar-refractivity contribution in [1.82, 2.24) is 10.3 Å². The minimum Gasteiger partial charge on any atom is -0.384 e. The number of rotatable bonds is 9. The molecule has 2 aromatic carbocycles. The maximum Gasteiger partial charge on any atom is 0.224 e. The highest BCUT2D eigenvalue weighted by Crippen LogP contribution is 2.24. The van der Waals surface area contributed by atoms with Crippen LogP contribution in [0.25, 0.3) is 0 Å². The molecule has 2 amide bonds. The summed E-state index contributed by atoms with van der Waals surface area (Å²) >= 11 is 0. The number of amides is 2. The van der Waals surface area contributed by atoms with Crippen LogP contribution in [0, 0.1) is 23.5 Å². The number of nitrogen functional groups attached to an aromatic ring is 1. The van der Waals surface area contributed by atoms with Crippen LogP contribution in [-0.4, -0.2) is 16.8 Å². The van der Waals surface area contributed by atoms with Crippen molar-refractivity contribution < 1.29 is 18.4 Å². The molecule has 3 aromatic rings. The average Bonchev–Trinajstić information content (AvgIpc) is 2.78. The Morgan fingerprint density at radius 3 is 2.19 bits per heavy atom. The normalized spacial score (nSPS) is 12.7. The Balaban J connectivity index is 1.85.